The molecule has 0 bridgehead atoms. The molecule has 1 heterocycles. The van der Waals surface area contributed by atoms with E-state index in [1.165, 1.54) is 16.5 Å². The largest absolute Gasteiger partial charge is 0.361 e. The zero-order valence-corrected chi connectivity index (χ0v) is 21.4. The van der Waals surface area contributed by atoms with E-state index in [-0.39, 0.29) is 23.8 Å². The molecule has 0 aliphatic carbocycles. The molecule has 2 aromatic carbocycles. The molecule has 5 nitrogen and oxygen atoms in total. The van der Waals surface area contributed by atoms with Gasteiger partial charge in [0.15, 0.2) is 0 Å². The van der Waals surface area contributed by atoms with Gasteiger partial charge in [0.25, 0.3) is 0 Å². The fraction of sp³-hybridized carbons (Fsp3) is 0.448. The van der Waals surface area contributed by atoms with E-state index >= 15 is 0 Å². The lowest BCUT2D eigenvalue weighted by Crippen LogP contribution is -2.44. The van der Waals surface area contributed by atoms with Crippen molar-refractivity contribution in [3.05, 3.63) is 71.4 Å². The smallest absolute Gasteiger partial charge is 0.242 e. The van der Waals surface area contributed by atoms with Crippen molar-refractivity contribution >= 4 is 22.7 Å². The first-order valence-corrected chi connectivity index (χ1v) is 12.3. The highest BCUT2D eigenvalue weighted by molar-refractivity contribution is 5.85. The number of rotatable bonds is 10. The molecular weight excluding hydrogens is 422 g/mol. The van der Waals surface area contributed by atoms with E-state index in [0.29, 0.717) is 26.1 Å². The highest BCUT2D eigenvalue weighted by Crippen LogP contribution is 2.21. The molecule has 5 heteroatoms. The summed E-state index contributed by atoms with van der Waals surface area (Å²) >= 11 is 0. The number of hydrogen-bond acceptors (Lipinski definition) is 2. The Morgan fingerprint density at radius 3 is 2.29 bits per heavy atom. The Balaban J connectivity index is 1.77. The maximum absolute atomic E-state index is 13.5. The summed E-state index contributed by atoms with van der Waals surface area (Å²) < 4.78 is 0. The van der Waals surface area contributed by atoms with Crippen LogP contribution in [0.4, 0.5) is 0 Å². The van der Waals surface area contributed by atoms with Crippen LogP contribution in [0.15, 0.2) is 54.7 Å². The second-order valence-electron chi connectivity index (χ2n) is 10.5. The molecule has 0 aliphatic rings. The Morgan fingerprint density at radius 1 is 0.912 bits per heavy atom. The second-order valence-corrected chi connectivity index (χ2v) is 10.5. The monoisotopic (exact) mass is 461 g/mol. The number of carbonyl (C=O) groups is 2. The van der Waals surface area contributed by atoms with Crippen molar-refractivity contribution in [2.45, 2.75) is 60.4 Å². The van der Waals surface area contributed by atoms with Crippen LogP contribution in [-0.2, 0) is 22.6 Å². The molecule has 0 unspecified atom stereocenters. The molecule has 0 atom stereocenters. The van der Waals surface area contributed by atoms with Crippen LogP contribution in [-0.4, -0.2) is 46.2 Å². The summed E-state index contributed by atoms with van der Waals surface area (Å²) in [7, 11) is 0. The van der Waals surface area contributed by atoms with Gasteiger partial charge in [-0.05, 0) is 42.4 Å². The van der Waals surface area contributed by atoms with Gasteiger partial charge in [-0.1, -0.05) is 75.7 Å². The maximum atomic E-state index is 13.5. The number of para-hydroxylation sites is 1. The van der Waals surface area contributed by atoms with Crippen LogP contribution in [0.25, 0.3) is 10.9 Å². The SMILES string of the molecule is CCCN(CC(=O)N(CCc1c[nH]c2ccccc12)Cc1ccc(C)cc1)C(=O)CC(C)(C)C. The molecule has 0 spiro atoms. The lowest BCUT2D eigenvalue weighted by atomic mass is 9.91. The number of H-pyrrole nitrogens is 1. The van der Waals surface area contributed by atoms with Gasteiger partial charge in [0.1, 0.15) is 0 Å². The number of fused-ring (bicyclic) bond motifs is 1. The summed E-state index contributed by atoms with van der Waals surface area (Å²) in [5.74, 6) is 0.0470. The van der Waals surface area contributed by atoms with Gasteiger partial charge in [-0.25, -0.2) is 0 Å². The number of aromatic amines is 1. The molecule has 1 aromatic heterocycles. The van der Waals surface area contributed by atoms with Gasteiger partial charge in [-0.2, -0.15) is 0 Å². The minimum absolute atomic E-state index is 0.00359. The van der Waals surface area contributed by atoms with E-state index in [1.54, 1.807) is 4.90 Å². The zero-order valence-electron chi connectivity index (χ0n) is 21.4. The van der Waals surface area contributed by atoms with Crippen LogP contribution in [0.3, 0.4) is 0 Å². The summed E-state index contributed by atoms with van der Waals surface area (Å²) in [6.07, 6.45) is 4.06. The summed E-state index contributed by atoms with van der Waals surface area (Å²) in [6, 6.07) is 16.6. The first-order chi connectivity index (χ1) is 16.2. The topological polar surface area (TPSA) is 56.4 Å². The molecular formula is C29H39N3O2. The molecule has 1 N–H and O–H groups in total. The Labute approximate surface area is 204 Å². The van der Waals surface area contributed by atoms with Gasteiger partial charge < -0.3 is 14.8 Å². The highest BCUT2D eigenvalue weighted by atomic mass is 16.2. The Bertz CT molecular complexity index is 1090. The second kappa shape index (κ2) is 11.4. The summed E-state index contributed by atoms with van der Waals surface area (Å²) in [6.45, 7) is 12.1. The number of nitrogens with one attached hydrogen (secondary N) is 1. The molecule has 3 aromatic rings. The third-order valence-electron chi connectivity index (χ3n) is 6.03. The molecule has 2 amide bonds. The Kier molecular flexibility index (Phi) is 8.54. The van der Waals surface area contributed by atoms with Crippen molar-refractivity contribution in [3.63, 3.8) is 0 Å². The van der Waals surface area contributed by atoms with Crippen LogP contribution in [0.2, 0.25) is 0 Å². The van der Waals surface area contributed by atoms with E-state index in [2.05, 4.69) is 69.1 Å². The minimum atomic E-state index is -0.108. The van der Waals surface area contributed by atoms with Crippen LogP contribution in [0.5, 0.6) is 0 Å². The molecule has 182 valence electrons. The summed E-state index contributed by atoms with van der Waals surface area (Å²) in [5.41, 5.74) is 4.49. The van der Waals surface area contributed by atoms with Crippen molar-refractivity contribution in [1.82, 2.24) is 14.8 Å². The number of hydrogen-bond donors (Lipinski definition) is 1. The van der Waals surface area contributed by atoms with E-state index in [4.69, 9.17) is 0 Å². The number of carbonyl (C=O) groups excluding carboxylic acids is 2. The lowest BCUT2D eigenvalue weighted by Gasteiger charge is -2.29. The molecule has 0 saturated heterocycles. The van der Waals surface area contributed by atoms with Gasteiger partial charge in [0.05, 0.1) is 6.54 Å². The number of amides is 2. The summed E-state index contributed by atoms with van der Waals surface area (Å²) in [4.78, 5) is 33.4. The zero-order chi connectivity index (χ0) is 24.7. The van der Waals surface area contributed by atoms with Gasteiger partial charge in [0.2, 0.25) is 11.8 Å². The van der Waals surface area contributed by atoms with E-state index in [1.807, 2.05) is 30.2 Å². The van der Waals surface area contributed by atoms with Gasteiger partial charge in [-0.3, -0.25) is 9.59 Å². The van der Waals surface area contributed by atoms with Gasteiger partial charge >= 0.3 is 0 Å². The fourth-order valence-corrected chi connectivity index (χ4v) is 4.19. The molecule has 0 aliphatic heterocycles. The van der Waals surface area contributed by atoms with Crippen molar-refractivity contribution in [1.29, 1.82) is 0 Å². The first-order valence-electron chi connectivity index (χ1n) is 12.3. The average molecular weight is 462 g/mol. The molecule has 0 radical (unpaired) electrons. The molecule has 0 saturated carbocycles. The standard InChI is InChI=1S/C29H39N3O2/c1-6-16-31(27(33)18-29(3,4)5)21-28(34)32(20-23-13-11-22(2)12-14-23)17-15-24-19-30-26-10-8-7-9-25(24)26/h7-14,19,30H,6,15-18,20-21H2,1-5H3. The normalized spacial score (nSPS) is 11.6. The maximum Gasteiger partial charge on any atom is 0.242 e. The number of benzene rings is 2. The van der Waals surface area contributed by atoms with E-state index in [0.717, 1.165) is 23.9 Å². The molecule has 3 rings (SSSR count). The predicted molar refractivity (Wildman–Crippen MR) is 140 cm³/mol. The first kappa shape index (κ1) is 25.5. The van der Waals surface area contributed by atoms with Crippen LogP contribution >= 0.6 is 0 Å². The van der Waals surface area contributed by atoms with E-state index < -0.39 is 0 Å². The third-order valence-corrected chi connectivity index (χ3v) is 6.03. The minimum Gasteiger partial charge on any atom is -0.361 e. The average Bonchev–Trinajstić information content (AvgIpc) is 3.19. The Morgan fingerprint density at radius 2 is 1.62 bits per heavy atom. The molecule has 0 fully saturated rings. The van der Waals surface area contributed by atoms with Crippen molar-refractivity contribution in [2.75, 3.05) is 19.6 Å². The quantitative estimate of drug-likeness (QED) is 0.420. The van der Waals surface area contributed by atoms with Crippen LogP contribution < -0.4 is 0 Å². The van der Waals surface area contributed by atoms with E-state index in [9.17, 15) is 9.59 Å². The summed E-state index contributed by atoms with van der Waals surface area (Å²) in [5, 5.41) is 1.19. The van der Waals surface area contributed by atoms with Crippen molar-refractivity contribution < 1.29 is 9.59 Å². The van der Waals surface area contributed by atoms with Gasteiger partial charge in [0, 0.05) is 43.2 Å². The van der Waals surface area contributed by atoms with Crippen LogP contribution in [0.1, 0.15) is 57.2 Å². The van der Waals surface area contributed by atoms with Crippen molar-refractivity contribution in [2.24, 2.45) is 5.41 Å². The fourth-order valence-electron chi connectivity index (χ4n) is 4.19. The number of aromatic nitrogens is 1. The highest BCUT2D eigenvalue weighted by Gasteiger charge is 2.25. The third kappa shape index (κ3) is 7.21. The van der Waals surface area contributed by atoms with Crippen LogP contribution in [0, 0.1) is 12.3 Å². The molecule has 34 heavy (non-hydrogen) atoms. The number of aryl methyl sites for hydroxylation is 1. The lowest BCUT2D eigenvalue weighted by molar-refractivity contribution is -0.142. The Hall–Kier alpha value is -3.08. The van der Waals surface area contributed by atoms with Crippen molar-refractivity contribution in [3.8, 4) is 0 Å². The number of nitrogens with zero attached hydrogens (tertiary/aromatic N) is 2. The van der Waals surface area contributed by atoms with Gasteiger partial charge in [-0.15, -0.1) is 0 Å². The predicted octanol–water partition coefficient (Wildman–Crippen LogP) is 5.72.